The summed E-state index contributed by atoms with van der Waals surface area (Å²) in [5, 5.41) is 1.17. The minimum absolute atomic E-state index is 0.511. The number of hydrogen-bond acceptors (Lipinski definition) is 3. The van der Waals surface area contributed by atoms with Crippen LogP contribution in [0.2, 0.25) is 0 Å². The van der Waals surface area contributed by atoms with Gasteiger partial charge in [-0.1, -0.05) is 29.8 Å². The van der Waals surface area contributed by atoms with E-state index in [1.807, 2.05) is 6.92 Å². The number of benzene rings is 1. The van der Waals surface area contributed by atoms with E-state index in [9.17, 15) is 0 Å². The van der Waals surface area contributed by atoms with Crippen molar-refractivity contribution in [3.05, 3.63) is 56.2 Å². The Bertz CT molecular complexity index is 1170. The van der Waals surface area contributed by atoms with E-state index >= 15 is 0 Å². The molecule has 1 aromatic carbocycles. The fourth-order valence-electron chi connectivity index (χ4n) is 5.05. The molecule has 0 bridgehead atoms. The molecule has 3 heterocycles. The molecule has 0 aliphatic carbocycles. The summed E-state index contributed by atoms with van der Waals surface area (Å²) in [5.74, 6) is 2.38. The number of aryl methyl sites for hydroxylation is 4. The first-order chi connectivity index (χ1) is 15.4. The summed E-state index contributed by atoms with van der Waals surface area (Å²) in [6, 6.07) is 4.48. The van der Waals surface area contributed by atoms with Crippen LogP contribution in [0.5, 0.6) is 0 Å². The second-order valence-electron chi connectivity index (χ2n) is 8.89. The third kappa shape index (κ3) is 3.92. The summed E-state index contributed by atoms with van der Waals surface area (Å²) in [6.07, 6.45) is 4.04. The number of halogens is 1. The summed E-state index contributed by atoms with van der Waals surface area (Å²) < 4.78 is 3.51. The minimum atomic E-state index is 0.511. The second-order valence-corrected chi connectivity index (χ2v) is 9.81. The predicted molar refractivity (Wildman–Crippen MR) is 136 cm³/mol. The zero-order chi connectivity index (χ0) is 23.0. The Labute approximate surface area is 199 Å². The van der Waals surface area contributed by atoms with Gasteiger partial charge in [-0.15, -0.1) is 0 Å². The summed E-state index contributed by atoms with van der Waals surface area (Å²) in [6.45, 7) is 20.6. The van der Waals surface area contributed by atoms with Crippen molar-refractivity contribution in [2.75, 3.05) is 24.5 Å². The standard InChI is InChI=1S/C26H32BrN5/c1-7-20-13-22(27)14-21(8-2)24(20)32-17(4)16(3)23-25(29-18(5)30-26(23)32)31-11-9-19(10-12-31)15-28-6/h13-14,19H,7-12,15H2,1-5H3. The zero-order valence-electron chi connectivity index (χ0n) is 19.8. The quantitative estimate of drug-likeness (QED) is 0.387. The highest BCUT2D eigenvalue weighted by Gasteiger charge is 2.27. The Kier molecular flexibility index (Phi) is 6.57. The van der Waals surface area contributed by atoms with Gasteiger partial charge in [-0.2, -0.15) is 0 Å². The molecule has 2 aromatic heterocycles. The molecule has 1 fully saturated rings. The van der Waals surface area contributed by atoms with Gasteiger partial charge in [0.2, 0.25) is 6.54 Å². The lowest BCUT2D eigenvalue weighted by atomic mass is 9.97. The number of nitrogens with zero attached hydrogens (tertiary/aromatic N) is 5. The first kappa shape index (κ1) is 22.8. The Balaban J connectivity index is 1.92. The monoisotopic (exact) mass is 493 g/mol. The molecular formula is C26H32BrN5. The molecule has 0 amide bonds. The van der Waals surface area contributed by atoms with E-state index in [4.69, 9.17) is 16.5 Å². The number of aromatic nitrogens is 3. The lowest BCUT2D eigenvalue weighted by Crippen LogP contribution is -2.35. The number of fused-ring (bicyclic) bond motifs is 1. The Morgan fingerprint density at radius 3 is 2.25 bits per heavy atom. The van der Waals surface area contributed by atoms with Gasteiger partial charge in [0.25, 0.3) is 0 Å². The van der Waals surface area contributed by atoms with Gasteiger partial charge in [0, 0.05) is 29.2 Å². The van der Waals surface area contributed by atoms with Crippen LogP contribution < -0.4 is 4.90 Å². The molecule has 1 aliphatic rings. The van der Waals surface area contributed by atoms with Crippen molar-refractivity contribution in [3.63, 3.8) is 0 Å². The summed E-state index contributed by atoms with van der Waals surface area (Å²) in [7, 11) is 0. The van der Waals surface area contributed by atoms with Crippen LogP contribution in [0.15, 0.2) is 16.6 Å². The third-order valence-electron chi connectivity index (χ3n) is 6.93. The molecule has 0 saturated carbocycles. The molecule has 4 rings (SSSR count). The molecule has 5 nitrogen and oxygen atoms in total. The lowest BCUT2D eigenvalue weighted by Gasteiger charge is -2.31. The van der Waals surface area contributed by atoms with Crippen molar-refractivity contribution in [2.45, 2.75) is 60.3 Å². The number of rotatable bonds is 5. The highest BCUT2D eigenvalue weighted by Crippen LogP contribution is 2.37. The fraction of sp³-hybridized carbons (Fsp3) is 0.500. The largest absolute Gasteiger partial charge is 0.356 e. The molecule has 1 aliphatic heterocycles. The Morgan fingerprint density at radius 2 is 1.69 bits per heavy atom. The van der Waals surface area contributed by atoms with Crippen LogP contribution in [0.25, 0.3) is 21.6 Å². The predicted octanol–water partition coefficient (Wildman–Crippen LogP) is 6.37. The maximum Gasteiger partial charge on any atom is 0.217 e. The molecule has 0 atom stereocenters. The van der Waals surface area contributed by atoms with Gasteiger partial charge in [-0.3, -0.25) is 4.57 Å². The maximum absolute atomic E-state index is 7.19. The van der Waals surface area contributed by atoms with Crippen LogP contribution in [0, 0.1) is 33.3 Å². The van der Waals surface area contributed by atoms with Crippen LogP contribution in [0.3, 0.4) is 0 Å². The van der Waals surface area contributed by atoms with E-state index in [1.54, 1.807) is 0 Å². The minimum Gasteiger partial charge on any atom is -0.356 e. The van der Waals surface area contributed by atoms with E-state index in [0.29, 0.717) is 12.5 Å². The van der Waals surface area contributed by atoms with Crippen molar-refractivity contribution in [1.29, 1.82) is 0 Å². The molecule has 0 spiro atoms. The van der Waals surface area contributed by atoms with Gasteiger partial charge in [0.1, 0.15) is 11.6 Å². The molecule has 0 unspecified atom stereocenters. The van der Waals surface area contributed by atoms with E-state index in [-0.39, 0.29) is 0 Å². The Morgan fingerprint density at radius 1 is 1.06 bits per heavy atom. The molecule has 0 N–H and O–H groups in total. The average Bonchev–Trinajstić information content (AvgIpc) is 3.03. The molecule has 32 heavy (non-hydrogen) atoms. The van der Waals surface area contributed by atoms with E-state index < -0.39 is 0 Å². The highest BCUT2D eigenvalue weighted by molar-refractivity contribution is 9.10. The van der Waals surface area contributed by atoms with Crippen molar-refractivity contribution in [3.8, 4) is 5.69 Å². The second kappa shape index (κ2) is 9.23. The normalized spacial score (nSPS) is 14.8. The van der Waals surface area contributed by atoms with E-state index in [2.05, 4.69) is 70.1 Å². The van der Waals surface area contributed by atoms with Gasteiger partial charge < -0.3 is 9.74 Å². The number of anilines is 1. The highest BCUT2D eigenvalue weighted by atomic mass is 79.9. The van der Waals surface area contributed by atoms with Gasteiger partial charge in [-0.05, 0) is 75.3 Å². The first-order valence-corrected chi connectivity index (χ1v) is 12.4. The first-order valence-electron chi connectivity index (χ1n) is 11.7. The van der Waals surface area contributed by atoms with Gasteiger partial charge in [0.05, 0.1) is 11.1 Å². The van der Waals surface area contributed by atoms with Crippen molar-refractivity contribution >= 4 is 32.8 Å². The summed E-state index contributed by atoms with van der Waals surface area (Å²) in [5.41, 5.74) is 7.43. The smallest absolute Gasteiger partial charge is 0.217 e. The Hall–Kier alpha value is -2.39. The van der Waals surface area contributed by atoms with E-state index in [1.165, 1.54) is 33.5 Å². The van der Waals surface area contributed by atoms with Crippen LogP contribution in [0.1, 0.15) is 54.9 Å². The van der Waals surface area contributed by atoms with Crippen molar-refractivity contribution < 1.29 is 0 Å². The maximum atomic E-state index is 7.19. The average molecular weight is 494 g/mol. The van der Waals surface area contributed by atoms with Gasteiger partial charge in [0.15, 0.2) is 5.65 Å². The molecule has 1 saturated heterocycles. The molecule has 6 heteroatoms. The van der Waals surface area contributed by atoms with Crippen molar-refractivity contribution in [2.24, 2.45) is 5.92 Å². The third-order valence-corrected chi connectivity index (χ3v) is 7.39. The van der Waals surface area contributed by atoms with Crippen molar-refractivity contribution in [1.82, 2.24) is 14.5 Å². The van der Waals surface area contributed by atoms with Crippen LogP contribution >= 0.6 is 15.9 Å². The molecular weight excluding hydrogens is 462 g/mol. The summed E-state index contributed by atoms with van der Waals surface area (Å²) in [4.78, 5) is 16.0. The number of hydrogen-bond donors (Lipinski definition) is 0. The van der Waals surface area contributed by atoms with Gasteiger partial charge in [-0.25, -0.2) is 16.5 Å². The van der Waals surface area contributed by atoms with Gasteiger partial charge >= 0.3 is 0 Å². The zero-order valence-corrected chi connectivity index (χ0v) is 21.4. The lowest BCUT2D eigenvalue weighted by molar-refractivity contribution is 0.429. The van der Waals surface area contributed by atoms with E-state index in [0.717, 1.165) is 60.5 Å². The van der Waals surface area contributed by atoms with Crippen LogP contribution in [-0.2, 0) is 12.8 Å². The van der Waals surface area contributed by atoms with Crippen LogP contribution in [-0.4, -0.2) is 34.2 Å². The molecule has 3 aromatic rings. The molecule has 0 radical (unpaired) electrons. The summed E-state index contributed by atoms with van der Waals surface area (Å²) >= 11 is 3.71. The SMILES string of the molecule is [C-]#[N+]CC1CCN(c2nc(C)nc3c2c(C)c(C)n3-c2c(CC)cc(Br)cc2CC)CC1. The fourth-order valence-corrected chi connectivity index (χ4v) is 5.60. The van der Waals surface area contributed by atoms with Crippen LogP contribution in [0.4, 0.5) is 5.82 Å². The number of piperidine rings is 1. The molecule has 168 valence electrons. The topological polar surface area (TPSA) is 38.3 Å².